The fourth-order valence-electron chi connectivity index (χ4n) is 9.40. The van der Waals surface area contributed by atoms with Gasteiger partial charge in [-0.05, 0) is 94.6 Å². The maximum absolute atomic E-state index is 6.85. The summed E-state index contributed by atoms with van der Waals surface area (Å²) in [6.07, 6.45) is 1.95. The molecule has 61 heavy (non-hydrogen) atoms. The van der Waals surface area contributed by atoms with Crippen LogP contribution in [0.3, 0.4) is 0 Å². The number of nitrogens with zero attached hydrogens (tertiary/aromatic N) is 4. The van der Waals surface area contributed by atoms with E-state index in [9.17, 15) is 0 Å². The minimum absolute atomic E-state index is 0.0375. The van der Waals surface area contributed by atoms with Gasteiger partial charge in [0.1, 0.15) is 35.3 Å². The van der Waals surface area contributed by atoms with Crippen molar-refractivity contribution in [3.05, 3.63) is 156 Å². The molecular weight excluding hydrogens is 769 g/mol. The highest BCUT2D eigenvalue weighted by Crippen LogP contribution is 2.53. The molecule has 7 heteroatoms. The van der Waals surface area contributed by atoms with Crippen LogP contribution in [0.1, 0.15) is 77.0 Å². The third kappa shape index (κ3) is 6.00. The number of ether oxygens (including phenoxy) is 1. The van der Waals surface area contributed by atoms with E-state index in [0.29, 0.717) is 18.5 Å². The number of aromatic nitrogens is 2. The van der Waals surface area contributed by atoms with Gasteiger partial charge in [-0.25, -0.2) is 4.98 Å². The number of rotatable bonds is 7. The molecular formula is C54H48N4O2S. The quantitative estimate of drug-likeness (QED) is 0.160. The average molecular weight is 817 g/mol. The summed E-state index contributed by atoms with van der Waals surface area (Å²) in [6.45, 7) is 16.5. The van der Waals surface area contributed by atoms with Gasteiger partial charge in [-0.3, -0.25) is 9.47 Å². The van der Waals surface area contributed by atoms with Crippen molar-refractivity contribution in [1.29, 1.82) is 0 Å². The van der Waals surface area contributed by atoms with Crippen LogP contribution in [-0.4, -0.2) is 16.2 Å². The van der Waals surface area contributed by atoms with E-state index in [4.69, 9.17) is 14.1 Å². The van der Waals surface area contributed by atoms with Crippen molar-refractivity contribution in [2.45, 2.75) is 65.7 Å². The molecule has 0 fully saturated rings. The lowest BCUT2D eigenvalue weighted by molar-refractivity contribution is 0.483. The standard InChI is InChI=1S/C54H48N4O2S/c1-32(2)38-18-13-19-39(33(3)4)50(38)57-31-56(53-52(57)42-16-8-10-20-45(42)60-53)35-14-12-15-36(29-35)59-37-22-23-40-41-24-25-47-49(43-17-9-11-21-46(43)61-47)51(41)58(44(40)30-37)48-28-34(26-27-55-48)54(5,6)7/h8-30,32-33H,31H2,1-7H3. The van der Waals surface area contributed by atoms with Crippen molar-refractivity contribution in [3.8, 4) is 17.3 Å². The number of anilines is 4. The molecule has 4 aromatic heterocycles. The topological polar surface area (TPSA) is 46.7 Å². The Kier molecular flexibility index (Phi) is 8.59. The smallest absolute Gasteiger partial charge is 0.226 e. The fraction of sp³-hybridized carbons (Fsp3) is 0.204. The monoisotopic (exact) mass is 816 g/mol. The predicted octanol–water partition coefficient (Wildman–Crippen LogP) is 15.9. The summed E-state index contributed by atoms with van der Waals surface area (Å²) in [5.41, 5.74) is 10.3. The van der Waals surface area contributed by atoms with Gasteiger partial charge in [-0.15, -0.1) is 11.3 Å². The molecule has 10 aromatic rings. The molecule has 0 amide bonds. The molecule has 0 N–H and O–H groups in total. The normalized spacial score (nSPS) is 13.3. The number of furan rings is 1. The van der Waals surface area contributed by atoms with E-state index in [0.717, 1.165) is 56.4 Å². The molecule has 302 valence electrons. The third-order valence-electron chi connectivity index (χ3n) is 12.4. The molecule has 0 spiro atoms. The van der Waals surface area contributed by atoms with Gasteiger partial charge < -0.3 is 14.1 Å². The first kappa shape index (κ1) is 37.4. The second-order valence-corrected chi connectivity index (χ2v) is 19.1. The highest BCUT2D eigenvalue weighted by atomic mass is 32.1. The van der Waals surface area contributed by atoms with E-state index in [2.05, 4.69) is 184 Å². The number of fused-ring (bicyclic) bond motifs is 10. The lowest BCUT2D eigenvalue weighted by Gasteiger charge is -2.29. The lowest BCUT2D eigenvalue weighted by atomic mass is 9.88. The zero-order chi connectivity index (χ0) is 41.7. The van der Waals surface area contributed by atoms with Gasteiger partial charge in [0.05, 0.1) is 11.0 Å². The van der Waals surface area contributed by atoms with Gasteiger partial charge in [0.15, 0.2) is 0 Å². The fourth-order valence-corrected chi connectivity index (χ4v) is 10.5. The van der Waals surface area contributed by atoms with Crippen LogP contribution in [-0.2, 0) is 5.41 Å². The van der Waals surface area contributed by atoms with Gasteiger partial charge >= 0.3 is 0 Å². The Morgan fingerprint density at radius 1 is 0.639 bits per heavy atom. The van der Waals surface area contributed by atoms with Crippen molar-refractivity contribution >= 4 is 87.2 Å². The molecule has 1 aliphatic rings. The van der Waals surface area contributed by atoms with Crippen LogP contribution in [0.4, 0.5) is 22.9 Å². The third-order valence-corrected chi connectivity index (χ3v) is 13.5. The Labute approximate surface area is 360 Å². The second-order valence-electron chi connectivity index (χ2n) is 18.0. The molecule has 0 unspecified atom stereocenters. The van der Waals surface area contributed by atoms with Crippen LogP contribution in [0.2, 0.25) is 0 Å². The summed E-state index contributed by atoms with van der Waals surface area (Å²) in [5, 5.41) is 5.99. The van der Waals surface area contributed by atoms with Gasteiger partial charge in [0.25, 0.3) is 0 Å². The molecule has 0 atom stereocenters. The van der Waals surface area contributed by atoms with Gasteiger partial charge in [-0.1, -0.05) is 109 Å². The summed E-state index contributed by atoms with van der Waals surface area (Å²) in [6, 6.07) is 47.7. The van der Waals surface area contributed by atoms with Gasteiger partial charge in [0.2, 0.25) is 5.88 Å². The summed E-state index contributed by atoms with van der Waals surface area (Å²) >= 11 is 1.84. The molecule has 6 aromatic carbocycles. The van der Waals surface area contributed by atoms with Crippen LogP contribution in [0.15, 0.2) is 144 Å². The van der Waals surface area contributed by atoms with E-state index in [-0.39, 0.29) is 5.41 Å². The lowest BCUT2D eigenvalue weighted by Crippen LogP contribution is -2.26. The van der Waals surface area contributed by atoms with Crippen LogP contribution in [0.25, 0.3) is 58.8 Å². The predicted molar refractivity (Wildman–Crippen MR) is 257 cm³/mol. The Bertz CT molecular complexity index is 3320. The highest BCUT2D eigenvalue weighted by Gasteiger charge is 2.37. The molecule has 1 aliphatic heterocycles. The molecule has 5 heterocycles. The average Bonchev–Trinajstić information content (AvgIpc) is 4.01. The van der Waals surface area contributed by atoms with E-state index < -0.39 is 0 Å². The zero-order valence-electron chi connectivity index (χ0n) is 35.7. The van der Waals surface area contributed by atoms with Crippen LogP contribution in [0, 0.1) is 0 Å². The second kappa shape index (κ2) is 14.0. The van der Waals surface area contributed by atoms with Crippen molar-refractivity contribution in [1.82, 2.24) is 9.55 Å². The number of thiophene rings is 1. The first-order chi connectivity index (χ1) is 29.5. The zero-order valence-corrected chi connectivity index (χ0v) is 36.5. The minimum Gasteiger partial charge on any atom is -0.457 e. The molecule has 0 saturated carbocycles. The Hall–Kier alpha value is -6.57. The Morgan fingerprint density at radius 3 is 2.15 bits per heavy atom. The minimum atomic E-state index is -0.0375. The van der Waals surface area contributed by atoms with E-state index >= 15 is 0 Å². The molecule has 0 bridgehead atoms. The number of hydrogen-bond donors (Lipinski definition) is 0. The highest BCUT2D eigenvalue weighted by molar-refractivity contribution is 7.26. The van der Waals surface area contributed by atoms with Crippen molar-refractivity contribution in [3.63, 3.8) is 0 Å². The van der Waals surface area contributed by atoms with Crippen LogP contribution in [0.5, 0.6) is 11.5 Å². The van der Waals surface area contributed by atoms with E-state index in [1.165, 1.54) is 53.5 Å². The number of pyridine rings is 1. The molecule has 0 radical (unpaired) electrons. The molecule has 6 nitrogen and oxygen atoms in total. The summed E-state index contributed by atoms with van der Waals surface area (Å²) in [5.74, 6) is 3.95. The largest absolute Gasteiger partial charge is 0.457 e. The van der Waals surface area contributed by atoms with Crippen LogP contribution >= 0.6 is 11.3 Å². The molecule has 0 aliphatic carbocycles. The van der Waals surface area contributed by atoms with Gasteiger partial charge in [0, 0.05) is 66.0 Å². The first-order valence-electron chi connectivity index (χ1n) is 21.4. The number of benzene rings is 6. The van der Waals surface area contributed by atoms with E-state index in [1.54, 1.807) is 0 Å². The number of hydrogen-bond acceptors (Lipinski definition) is 6. The molecule has 0 saturated heterocycles. The summed E-state index contributed by atoms with van der Waals surface area (Å²) in [4.78, 5) is 9.80. The number of para-hydroxylation sites is 2. The first-order valence-corrected chi connectivity index (χ1v) is 22.2. The Morgan fingerprint density at radius 2 is 1.36 bits per heavy atom. The van der Waals surface area contributed by atoms with Crippen molar-refractivity contribution < 1.29 is 9.15 Å². The van der Waals surface area contributed by atoms with Crippen LogP contribution < -0.4 is 14.5 Å². The molecule has 11 rings (SSSR count). The Balaban J connectivity index is 1.04. The SMILES string of the molecule is CC(C)c1cccc(C(C)C)c1N1CN(c2cccc(Oc3ccc4c5ccc6sc7ccccc7c6c5n(-c5cc(C(C)(C)C)ccn5)c4c3)c2)c2oc3ccccc3c21. The maximum atomic E-state index is 6.85. The summed E-state index contributed by atoms with van der Waals surface area (Å²) < 4.78 is 18.5. The van der Waals surface area contributed by atoms with Crippen molar-refractivity contribution in [2.24, 2.45) is 0 Å². The van der Waals surface area contributed by atoms with Gasteiger partial charge in [-0.2, -0.15) is 0 Å². The van der Waals surface area contributed by atoms with Crippen molar-refractivity contribution in [2.75, 3.05) is 16.5 Å². The van der Waals surface area contributed by atoms with E-state index in [1.807, 2.05) is 29.7 Å². The maximum Gasteiger partial charge on any atom is 0.226 e. The summed E-state index contributed by atoms with van der Waals surface area (Å²) in [7, 11) is 0.